The minimum absolute atomic E-state index is 0.0866. The van der Waals surface area contributed by atoms with Crippen LogP contribution in [0.4, 0.5) is 0 Å². The highest BCUT2D eigenvalue weighted by Gasteiger charge is 2.26. The van der Waals surface area contributed by atoms with E-state index in [1.54, 1.807) is 0 Å². The van der Waals surface area contributed by atoms with Crippen molar-refractivity contribution in [3.63, 3.8) is 0 Å². The van der Waals surface area contributed by atoms with Gasteiger partial charge < -0.3 is 10.4 Å². The molecule has 0 saturated carbocycles. The summed E-state index contributed by atoms with van der Waals surface area (Å²) in [5, 5.41) is 14.4. The predicted octanol–water partition coefficient (Wildman–Crippen LogP) is 4.34. The summed E-state index contributed by atoms with van der Waals surface area (Å²) < 4.78 is 0. The van der Waals surface area contributed by atoms with E-state index in [2.05, 4.69) is 50.4 Å². The molecule has 0 radical (unpaired) electrons. The first-order valence-corrected chi connectivity index (χ1v) is 8.11. The van der Waals surface area contributed by atoms with Gasteiger partial charge in [0.2, 0.25) is 0 Å². The SMILES string of the molecule is CC(C)CNC(c1ccccc1)C(C)C(O)c1ccccc1. The van der Waals surface area contributed by atoms with E-state index in [0.717, 1.165) is 12.1 Å². The maximum Gasteiger partial charge on any atom is 0.0833 e. The van der Waals surface area contributed by atoms with Gasteiger partial charge in [0.15, 0.2) is 0 Å². The Morgan fingerprint density at radius 2 is 1.32 bits per heavy atom. The fourth-order valence-electron chi connectivity index (χ4n) is 2.77. The highest BCUT2D eigenvalue weighted by atomic mass is 16.3. The number of rotatable bonds is 7. The minimum Gasteiger partial charge on any atom is -0.388 e. The zero-order valence-corrected chi connectivity index (χ0v) is 13.7. The number of aliphatic hydroxyl groups is 1. The van der Waals surface area contributed by atoms with E-state index < -0.39 is 6.10 Å². The van der Waals surface area contributed by atoms with Crippen molar-refractivity contribution in [1.82, 2.24) is 5.32 Å². The lowest BCUT2D eigenvalue weighted by Gasteiger charge is -2.30. The summed E-state index contributed by atoms with van der Waals surface area (Å²) in [5.74, 6) is 0.663. The van der Waals surface area contributed by atoms with Gasteiger partial charge in [-0.3, -0.25) is 0 Å². The first-order valence-electron chi connectivity index (χ1n) is 8.11. The van der Waals surface area contributed by atoms with Gasteiger partial charge in [-0.15, -0.1) is 0 Å². The molecule has 3 unspecified atom stereocenters. The number of nitrogens with one attached hydrogen (secondary N) is 1. The summed E-state index contributed by atoms with van der Waals surface area (Å²) in [6, 6.07) is 20.5. The third-order valence-electron chi connectivity index (χ3n) is 4.07. The second kappa shape index (κ2) is 8.11. The molecule has 118 valence electrons. The van der Waals surface area contributed by atoms with E-state index in [1.165, 1.54) is 5.56 Å². The molecule has 0 fully saturated rings. The molecule has 0 aromatic heterocycles. The summed E-state index contributed by atoms with van der Waals surface area (Å²) in [6.45, 7) is 7.45. The van der Waals surface area contributed by atoms with Crippen molar-refractivity contribution in [2.75, 3.05) is 6.54 Å². The van der Waals surface area contributed by atoms with E-state index in [0.29, 0.717) is 5.92 Å². The number of hydrogen-bond donors (Lipinski definition) is 2. The van der Waals surface area contributed by atoms with Crippen LogP contribution in [0.5, 0.6) is 0 Å². The van der Waals surface area contributed by atoms with Crippen LogP contribution in [0.1, 0.15) is 44.0 Å². The molecule has 0 aliphatic carbocycles. The molecule has 0 bridgehead atoms. The molecule has 22 heavy (non-hydrogen) atoms. The second-order valence-electron chi connectivity index (χ2n) is 6.41. The van der Waals surface area contributed by atoms with E-state index in [4.69, 9.17) is 0 Å². The maximum atomic E-state index is 10.7. The summed E-state index contributed by atoms with van der Waals surface area (Å²) in [7, 11) is 0. The van der Waals surface area contributed by atoms with Gasteiger partial charge in [0, 0.05) is 12.0 Å². The topological polar surface area (TPSA) is 32.3 Å². The summed E-state index contributed by atoms with van der Waals surface area (Å²) in [4.78, 5) is 0. The van der Waals surface area contributed by atoms with Gasteiger partial charge in [0.1, 0.15) is 0 Å². The number of benzene rings is 2. The average molecular weight is 297 g/mol. The quantitative estimate of drug-likeness (QED) is 0.796. The van der Waals surface area contributed by atoms with Crippen molar-refractivity contribution < 1.29 is 5.11 Å². The van der Waals surface area contributed by atoms with Crippen LogP contribution in [0, 0.1) is 11.8 Å². The van der Waals surface area contributed by atoms with Gasteiger partial charge in [-0.1, -0.05) is 81.4 Å². The molecule has 3 atom stereocenters. The molecule has 2 rings (SSSR count). The van der Waals surface area contributed by atoms with Gasteiger partial charge in [0.05, 0.1) is 6.10 Å². The first kappa shape index (κ1) is 16.7. The minimum atomic E-state index is -0.480. The standard InChI is InChI=1S/C20H27NO/c1-15(2)14-21-19(17-10-6-4-7-11-17)16(3)20(22)18-12-8-5-9-13-18/h4-13,15-16,19-22H,14H2,1-3H3. The molecule has 0 aliphatic heterocycles. The lowest BCUT2D eigenvalue weighted by Crippen LogP contribution is -2.32. The Balaban J connectivity index is 2.20. The normalized spacial score (nSPS) is 15.5. The molecule has 2 aromatic rings. The van der Waals surface area contributed by atoms with Gasteiger partial charge >= 0.3 is 0 Å². The van der Waals surface area contributed by atoms with Crippen molar-refractivity contribution >= 4 is 0 Å². The summed E-state index contributed by atoms with van der Waals surface area (Å²) in [5.41, 5.74) is 2.20. The molecule has 2 heteroatoms. The Morgan fingerprint density at radius 1 is 0.818 bits per heavy atom. The fraction of sp³-hybridized carbons (Fsp3) is 0.400. The third kappa shape index (κ3) is 4.43. The van der Waals surface area contributed by atoms with Crippen molar-refractivity contribution in [2.45, 2.75) is 32.9 Å². The predicted molar refractivity (Wildman–Crippen MR) is 92.6 cm³/mol. The highest BCUT2D eigenvalue weighted by molar-refractivity contribution is 5.23. The van der Waals surface area contributed by atoms with Crippen LogP contribution in [0.2, 0.25) is 0 Å². The summed E-state index contributed by atoms with van der Waals surface area (Å²) in [6.07, 6.45) is -0.480. The van der Waals surface area contributed by atoms with Gasteiger partial charge in [-0.25, -0.2) is 0 Å². The molecule has 2 nitrogen and oxygen atoms in total. The van der Waals surface area contributed by atoms with Crippen LogP contribution >= 0.6 is 0 Å². The molecule has 0 spiro atoms. The van der Waals surface area contributed by atoms with Crippen LogP contribution in [-0.2, 0) is 0 Å². The Bertz CT molecular complexity index is 538. The van der Waals surface area contributed by atoms with Crippen LogP contribution in [0.15, 0.2) is 60.7 Å². The van der Waals surface area contributed by atoms with Crippen LogP contribution < -0.4 is 5.32 Å². The van der Waals surface area contributed by atoms with Crippen molar-refractivity contribution in [3.05, 3.63) is 71.8 Å². The highest BCUT2D eigenvalue weighted by Crippen LogP contribution is 2.32. The van der Waals surface area contributed by atoms with Gasteiger partial charge in [-0.05, 0) is 23.6 Å². The Hall–Kier alpha value is -1.64. The Labute approximate surface area is 134 Å². The number of hydrogen-bond acceptors (Lipinski definition) is 2. The van der Waals surface area contributed by atoms with E-state index in [-0.39, 0.29) is 12.0 Å². The van der Waals surface area contributed by atoms with Crippen LogP contribution in [-0.4, -0.2) is 11.7 Å². The largest absolute Gasteiger partial charge is 0.388 e. The van der Waals surface area contributed by atoms with Crippen molar-refractivity contribution in [3.8, 4) is 0 Å². The maximum absolute atomic E-state index is 10.7. The van der Waals surface area contributed by atoms with Crippen LogP contribution in [0.3, 0.4) is 0 Å². The fourth-order valence-corrected chi connectivity index (χ4v) is 2.77. The average Bonchev–Trinajstić information content (AvgIpc) is 2.55. The van der Waals surface area contributed by atoms with Gasteiger partial charge in [-0.2, -0.15) is 0 Å². The smallest absolute Gasteiger partial charge is 0.0833 e. The molecule has 0 heterocycles. The monoisotopic (exact) mass is 297 g/mol. The summed E-state index contributed by atoms with van der Waals surface area (Å²) >= 11 is 0. The molecule has 2 aromatic carbocycles. The van der Waals surface area contributed by atoms with Gasteiger partial charge in [0.25, 0.3) is 0 Å². The third-order valence-corrected chi connectivity index (χ3v) is 4.07. The first-order chi connectivity index (χ1) is 10.6. The molecular formula is C20H27NO. The molecule has 2 N–H and O–H groups in total. The van der Waals surface area contributed by atoms with Crippen molar-refractivity contribution in [1.29, 1.82) is 0 Å². The van der Waals surface area contributed by atoms with E-state index >= 15 is 0 Å². The zero-order valence-electron chi connectivity index (χ0n) is 13.7. The number of aliphatic hydroxyl groups excluding tert-OH is 1. The zero-order chi connectivity index (χ0) is 15.9. The lowest BCUT2D eigenvalue weighted by molar-refractivity contribution is 0.0927. The lowest BCUT2D eigenvalue weighted by atomic mass is 9.86. The molecular weight excluding hydrogens is 270 g/mol. The van der Waals surface area contributed by atoms with E-state index in [9.17, 15) is 5.11 Å². The second-order valence-corrected chi connectivity index (χ2v) is 6.41. The molecule has 0 amide bonds. The molecule has 0 saturated heterocycles. The van der Waals surface area contributed by atoms with Crippen molar-refractivity contribution in [2.24, 2.45) is 11.8 Å². The Kier molecular flexibility index (Phi) is 6.17. The Morgan fingerprint density at radius 3 is 1.82 bits per heavy atom. The van der Waals surface area contributed by atoms with Crippen LogP contribution in [0.25, 0.3) is 0 Å². The molecule has 0 aliphatic rings. The van der Waals surface area contributed by atoms with E-state index in [1.807, 2.05) is 36.4 Å².